The van der Waals surface area contributed by atoms with E-state index in [0.717, 1.165) is 40.7 Å². The first-order chi connectivity index (χ1) is 18.4. The van der Waals surface area contributed by atoms with Gasteiger partial charge in [-0.3, -0.25) is 14.6 Å². The smallest absolute Gasteiger partial charge is 0.409 e. The number of piperazine rings is 1. The first kappa shape index (κ1) is 25.8. The highest BCUT2D eigenvalue weighted by Gasteiger charge is 2.32. The molecule has 0 aliphatic carbocycles. The van der Waals surface area contributed by atoms with E-state index in [2.05, 4.69) is 0 Å². The quantitative estimate of drug-likeness (QED) is 0.525. The molecule has 4 heterocycles. The van der Waals surface area contributed by atoms with Crippen molar-refractivity contribution in [3.05, 3.63) is 65.1 Å². The van der Waals surface area contributed by atoms with Gasteiger partial charge in [-0.1, -0.05) is 18.2 Å². The third-order valence-corrected chi connectivity index (χ3v) is 7.68. The lowest BCUT2D eigenvalue weighted by molar-refractivity contribution is 0.0567. The molecule has 38 heavy (non-hydrogen) atoms. The number of aromatic nitrogens is 2. The summed E-state index contributed by atoms with van der Waals surface area (Å²) in [5.74, 6) is 0.102. The van der Waals surface area contributed by atoms with Crippen LogP contribution in [0.5, 0.6) is 0 Å². The molecule has 0 unspecified atom stereocenters. The number of fused-ring (bicyclic) bond motifs is 1. The second-order valence-electron chi connectivity index (χ2n) is 10.1. The second-order valence-corrected chi connectivity index (χ2v) is 10.1. The first-order valence-corrected chi connectivity index (χ1v) is 13.4. The molecule has 3 aromatic rings. The number of hydrogen-bond acceptors (Lipinski definition) is 5. The highest BCUT2D eigenvalue weighted by atomic mass is 16.6. The standard InChI is InChI=1S/C29H35N5O4/c1-4-38-29(37)34-17-15-33(16-18-34)27(35)23-10-9-20(2)30-26(23)21-11-13-32(14-12-21)28(36)24-19-31(3)25-8-6-5-7-22(24)25/h5-10,19,21H,4,11-18H2,1-3H3. The van der Waals surface area contributed by atoms with Crippen LogP contribution >= 0.6 is 0 Å². The van der Waals surface area contributed by atoms with Gasteiger partial charge < -0.3 is 24.0 Å². The summed E-state index contributed by atoms with van der Waals surface area (Å²) in [6.45, 7) is 7.13. The minimum atomic E-state index is -0.331. The van der Waals surface area contributed by atoms with E-state index in [-0.39, 0.29) is 23.8 Å². The van der Waals surface area contributed by atoms with Gasteiger partial charge in [-0.05, 0) is 44.9 Å². The van der Waals surface area contributed by atoms with Gasteiger partial charge in [-0.2, -0.15) is 0 Å². The predicted molar refractivity (Wildman–Crippen MR) is 144 cm³/mol. The molecular formula is C29H35N5O4. The van der Waals surface area contributed by atoms with Gasteiger partial charge in [-0.15, -0.1) is 0 Å². The van der Waals surface area contributed by atoms with Gasteiger partial charge in [0.2, 0.25) is 0 Å². The summed E-state index contributed by atoms with van der Waals surface area (Å²) in [5.41, 5.74) is 4.09. The van der Waals surface area contributed by atoms with Gasteiger partial charge in [0, 0.05) is 75.0 Å². The van der Waals surface area contributed by atoms with Crippen molar-refractivity contribution in [3.63, 3.8) is 0 Å². The van der Waals surface area contributed by atoms with Crippen molar-refractivity contribution in [2.24, 2.45) is 7.05 Å². The maximum Gasteiger partial charge on any atom is 0.409 e. The zero-order valence-corrected chi connectivity index (χ0v) is 22.4. The molecule has 2 fully saturated rings. The number of pyridine rings is 1. The summed E-state index contributed by atoms with van der Waals surface area (Å²) in [6, 6.07) is 11.7. The van der Waals surface area contributed by atoms with Crippen LogP contribution < -0.4 is 0 Å². The number of amides is 3. The van der Waals surface area contributed by atoms with E-state index < -0.39 is 0 Å². The summed E-state index contributed by atoms with van der Waals surface area (Å²) < 4.78 is 7.09. The Morgan fingerprint density at radius 1 is 0.868 bits per heavy atom. The predicted octanol–water partition coefficient (Wildman–Crippen LogP) is 3.82. The molecule has 0 bridgehead atoms. The fraction of sp³-hybridized carbons (Fsp3) is 0.448. The Bertz CT molecular complexity index is 1350. The molecule has 3 amide bonds. The summed E-state index contributed by atoms with van der Waals surface area (Å²) in [6.07, 6.45) is 3.09. The Morgan fingerprint density at radius 2 is 1.50 bits per heavy atom. The van der Waals surface area contributed by atoms with Gasteiger partial charge in [-0.25, -0.2) is 4.79 Å². The second kappa shape index (κ2) is 10.8. The molecule has 5 rings (SSSR count). The highest BCUT2D eigenvalue weighted by molar-refractivity contribution is 6.07. The molecule has 9 heteroatoms. The molecule has 2 aliphatic heterocycles. The zero-order chi connectivity index (χ0) is 26.8. The van der Waals surface area contributed by atoms with Gasteiger partial charge in [0.1, 0.15) is 0 Å². The molecule has 1 aromatic carbocycles. The summed E-state index contributed by atoms with van der Waals surface area (Å²) in [4.78, 5) is 49.2. The van der Waals surface area contributed by atoms with Crippen molar-refractivity contribution >= 4 is 28.8 Å². The molecule has 2 aliphatic rings. The number of rotatable bonds is 4. The van der Waals surface area contributed by atoms with E-state index in [1.54, 1.807) is 16.7 Å². The van der Waals surface area contributed by atoms with Gasteiger partial charge in [0.15, 0.2) is 0 Å². The van der Waals surface area contributed by atoms with Crippen LogP contribution in [0.1, 0.15) is 57.8 Å². The molecular weight excluding hydrogens is 482 g/mol. The van der Waals surface area contributed by atoms with Crippen LogP contribution in [0.3, 0.4) is 0 Å². The summed E-state index contributed by atoms with van der Waals surface area (Å²) in [7, 11) is 1.96. The average Bonchev–Trinajstić information content (AvgIpc) is 3.29. The van der Waals surface area contributed by atoms with Crippen LogP contribution in [0.2, 0.25) is 0 Å². The number of ether oxygens (including phenoxy) is 1. The molecule has 200 valence electrons. The van der Waals surface area contributed by atoms with Gasteiger partial charge >= 0.3 is 6.09 Å². The highest BCUT2D eigenvalue weighted by Crippen LogP contribution is 2.32. The van der Waals surface area contributed by atoms with Crippen LogP contribution in [0.4, 0.5) is 4.79 Å². The average molecular weight is 518 g/mol. The van der Waals surface area contributed by atoms with Crippen LogP contribution in [-0.2, 0) is 11.8 Å². The maximum atomic E-state index is 13.5. The molecule has 2 aromatic heterocycles. The normalized spacial score (nSPS) is 16.7. The number of carbonyl (C=O) groups excluding carboxylic acids is 3. The SMILES string of the molecule is CCOC(=O)N1CCN(C(=O)c2ccc(C)nc2C2CCN(C(=O)c3cn(C)c4ccccc34)CC2)CC1. The molecule has 0 atom stereocenters. The van der Waals surface area contributed by atoms with E-state index >= 15 is 0 Å². The minimum absolute atomic E-state index is 0.0493. The molecule has 0 spiro atoms. The monoisotopic (exact) mass is 517 g/mol. The number of benzene rings is 1. The summed E-state index contributed by atoms with van der Waals surface area (Å²) in [5, 5.41) is 0.971. The Morgan fingerprint density at radius 3 is 2.21 bits per heavy atom. The Kier molecular flexibility index (Phi) is 7.35. The lowest BCUT2D eigenvalue weighted by Gasteiger charge is -2.35. The first-order valence-electron chi connectivity index (χ1n) is 13.4. The Hall–Kier alpha value is -3.88. The number of likely N-dealkylation sites (tertiary alicyclic amines) is 1. The van der Waals surface area contributed by atoms with Crippen molar-refractivity contribution in [2.75, 3.05) is 45.9 Å². The number of piperidine rings is 1. The molecule has 0 N–H and O–H groups in total. The molecule has 0 saturated carbocycles. The molecule has 0 radical (unpaired) electrons. The van der Waals surface area contributed by atoms with Crippen LogP contribution in [0.15, 0.2) is 42.6 Å². The Balaban J connectivity index is 1.27. The topological polar surface area (TPSA) is 88.0 Å². The molecule has 2 saturated heterocycles. The largest absolute Gasteiger partial charge is 0.450 e. The van der Waals surface area contributed by atoms with E-state index in [4.69, 9.17) is 9.72 Å². The van der Waals surface area contributed by atoms with Crippen LogP contribution in [-0.4, -0.2) is 88.0 Å². The lowest BCUT2D eigenvalue weighted by Crippen LogP contribution is -2.51. The lowest BCUT2D eigenvalue weighted by atomic mass is 9.89. The minimum Gasteiger partial charge on any atom is -0.450 e. The van der Waals surface area contributed by atoms with Gasteiger partial charge in [0.25, 0.3) is 11.8 Å². The fourth-order valence-electron chi connectivity index (χ4n) is 5.58. The van der Waals surface area contributed by atoms with Crippen molar-refractivity contribution < 1.29 is 19.1 Å². The van der Waals surface area contributed by atoms with Crippen molar-refractivity contribution in [2.45, 2.75) is 32.6 Å². The number of carbonyl (C=O) groups is 3. The maximum absolute atomic E-state index is 13.5. The number of hydrogen-bond donors (Lipinski definition) is 0. The van der Waals surface area contributed by atoms with E-state index in [0.29, 0.717) is 51.4 Å². The van der Waals surface area contributed by atoms with E-state index in [9.17, 15) is 14.4 Å². The number of aryl methyl sites for hydroxylation is 2. The van der Waals surface area contributed by atoms with E-state index in [1.165, 1.54) is 0 Å². The Labute approximate surface area is 223 Å². The van der Waals surface area contributed by atoms with Crippen molar-refractivity contribution in [1.82, 2.24) is 24.3 Å². The number of para-hydroxylation sites is 1. The van der Waals surface area contributed by atoms with Gasteiger partial charge in [0.05, 0.1) is 23.4 Å². The van der Waals surface area contributed by atoms with Crippen molar-refractivity contribution in [1.29, 1.82) is 0 Å². The number of nitrogens with zero attached hydrogens (tertiary/aromatic N) is 5. The summed E-state index contributed by atoms with van der Waals surface area (Å²) >= 11 is 0. The zero-order valence-electron chi connectivity index (χ0n) is 22.4. The third-order valence-electron chi connectivity index (χ3n) is 7.68. The molecule has 9 nitrogen and oxygen atoms in total. The van der Waals surface area contributed by atoms with Crippen molar-refractivity contribution in [3.8, 4) is 0 Å². The van der Waals surface area contributed by atoms with Crippen LogP contribution in [0.25, 0.3) is 10.9 Å². The fourth-order valence-corrected chi connectivity index (χ4v) is 5.58. The van der Waals surface area contributed by atoms with E-state index in [1.807, 2.05) is 66.0 Å². The van der Waals surface area contributed by atoms with Crippen LogP contribution in [0, 0.1) is 6.92 Å². The third kappa shape index (κ3) is 4.97.